The van der Waals surface area contributed by atoms with Crippen LogP contribution in [0, 0.1) is 0 Å². The van der Waals surface area contributed by atoms with Crippen LogP contribution in [0.15, 0.2) is 70.2 Å². The molecule has 1 aliphatic heterocycles. The Bertz CT molecular complexity index is 919. The molecule has 0 aliphatic carbocycles. The van der Waals surface area contributed by atoms with E-state index in [4.69, 9.17) is 19.0 Å². The van der Waals surface area contributed by atoms with Gasteiger partial charge in [0.1, 0.15) is 23.1 Å². The van der Waals surface area contributed by atoms with Gasteiger partial charge in [-0.3, -0.25) is 0 Å². The molecule has 0 saturated heterocycles. The van der Waals surface area contributed by atoms with Gasteiger partial charge in [0.15, 0.2) is 6.10 Å². The molecule has 0 spiro atoms. The number of aryl methyl sites for hydroxylation is 1. The van der Waals surface area contributed by atoms with Crippen LogP contribution in [0.1, 0.15) is 29.9 Å². The second-order valence-electron chi connectivity index (χ2n) is 6.46. The fourth-order valence-corrected chi connectivity index (χ4v) is 3.38. The number of hydrogen-bond donors (Lipinski definition) is 0. The number of nitrogens with zero attached hydrogens (tertiary/aromatic N) is 2. The highest BCUT2D eigenvalue weighted by Crippen LogP contribution is 2.35. The highest BCUT2D eigenvalue weighted by atomic mass is 16.5. The van der Waals surface area contributed by atoms with E-state index >= 15 is 0 Å². The predicted molar refractivity (Wildman–Crippen MR) is 104 cm³/mol. The van der Waals surface area contributed by atoms with Gasteiger partial charge < -0.3 is 14.0 Å². The van der Waals surface area contributed by atoms with E-state index in [9.17, 15) is 0 Å². The summed E-state index contributed by atoms with van der Waals surface area (Å²) in [6.07, 6.45) is 0.520. The van der Waals surface area contributed by atoms with Gasteiger partial charge in [0.2, 0.25) is 5.90 Å². The van der Waals surface area contributed by atoms with Crippen molar-refractivity contribution >= 4 is 5.90 Å². The topological polar surface area (TPSA) is 56.9 Å². The first kappa shape index (κ1) is 17.5. The van der Waals surface area contributed by atoms with Gasteiger partial charge in [-0.05, 0) is 5.56 Å². The van der Waals surface area contributed by atoms with Crippen molar-refractivity contribution in [3.63, 3.8) is 0 Å². The zero-order valence-corrected chi connectivity index (χ0v) is 15.5. The van der Waals surface area contributed by atoms with Crippen molar-refractivity contribution in [3.8, 4) is 11.3 Å². The summed E-state index contributed by atoms with van der Waals surface area (Å²) in [5.74, 6) is 1.35. The molecule has 0 N–H and O–H groups in total. The average molecular weight is 362 g/mol. The maximum atomic E-state index is 6.33. The van der Waals surface area contributed by atoms with E-state index in [1.807, 2.05) is 55.5 Å². The summed E-state index contributed by atoms with van der Waals surface area (Å²) in [6, 6.07) is 20.0. The Hall–Kier alpha value is -2.92. The molecule has 2 heterocycles. The minimum absolute atomic E-state index is 0.115. The lowest BCUT2D eigenvalue weighted by molar-refractivity contribution is 0.120. The summed E-state index contributed by atoms with van der Waals surface area (Å²) in [6.45, 7) is 2.52. The maximum Gasteiger partial charge on any atom is 0.223 e. The lowest BCUT2D eigenvalue weighted by Crippen LogP contribution is -2.19. The molecule has 0 unspecified atom stereocenters. The van der Waals surface area contributed by atoms with Gasteiger partial charge in [0, 0.05) is 19.1 Å². The minimum Gasteiger partial charge on any atom is -0.467 e. The Kier molecular flexibility index (Phi) is 5.03. The molecule has 0 amide bonds. The molecule has 2 aromatic carbocycles. The van der Waals surface area contributed by atoms with Gasteiger partial charge in [-0.15, -0.1) is 0 Å². The van der Waals surface area contributed by atoms with Crippen LogP contribution in [0.2, 0.25) is 0 Å². The van der Waals surface area contributed by atoms with Crippen molar-refractivity contribution in [2.24, 2.45) is 4.99 Å². The molecule has 0 saturated carbocycles. The van der Waals surface area contributed by atoms with Crippen LogP contribution in [0.5, 0.6) is 0 Å². The molecule has 0 fully saturated rings. The SMILES string of the molecule is CCc1onc(-c2ccccc2)c1C1=N[C@@H](COC)[C@H](c2ccccc2)O1. The summed E-state index contributed by atoms with van der Waals surface area (Å²) >= 11 is 0. The first-order chi connectivity index (χ1) is 13.3. The van der Waals surface area contributed by atoms with Crippen LogP contribution in [0.4, 0.5) is 0 Å². The third-order valence-electron chi connectivity index (χ3n) is 4.68. The Morgan fingerprint density at radius 1 is 1.00 bits per heavy atom. The lowest BCUT2D eigenvalue weighted by Gasteiger charge is -2.17. The average Bonchev–Trinajstić information content (AvgIpc) is 3.33. The smallest absolute Gasteiger partial charge is 0.223 e. The van der Waals surface area contributed by atoms with Crippen molar-refractivity contribution in [3.05, 3.63) is 77.6 Å². The summed E-state index contributed by atoms with van der Waals surface area (Å²) in [5.41, 5.74) is 3.65. The molecule has 5 heteroatoms. The van der Waals surface area contributed by atoms with Crippen LogP contribution < -0.4 is 0 Å². The van der Waals surface area contributed by atoms with Crippen LogP contribution in [-0.2, 0) is 15.9 Å². The molecule has 1 aromatic heterocycles. The van der Waals surface area contributed by atoms with Crippen LogP contribution in [-0.4, -0.2) is 30.8 Å². The Morgan fingerprint density at radius 3 is 2.37 bits per heavy atom. The number of aliphatic imine (C=N–C) groups is 1. The van der Waals surface area contributed by atoms with Crippen molar-refractivity contribution in [1.29, 1.82) is 0 Å². The first-order valence-electron chi connectivity index (χ1n) is 9.14. The zero-order valence-electron chi connectivity index (χ0n) is 15.5. The van der Waals surface area contributed by atoms with E-state index in [1.165, 1.54) is 0 Å². The zero-order chi connectivity index (χ0) is 18.6. The monoisotopic (exact) mass is 362 g/mol. The van der Waals surface area contributed by atoms with Crippen molar-refractivity contribution in [1.82, 2.24) is 5.16 Å². The Labute approximate surface area is 158 Å². The maximum absolute atomic E-state index is 6.33. The number of aromatic nitrogens is 1. The molecule has 4 rings (SSSR count). The molecule has 5 nitrogen and oxygen atoms in total. The molecule has 27 heavy (non-hydrogen) atoms. The number of methoxy groups -OCH3 is 1. The fraction of sp³-hybridized carbons (Fsp3) is 0.273. The van der Waals surface area contributed by atoms with Gasteiger partial charge in [-0.2, -0.15) is 0 Å². The van der Waals surface area contributed by atoms with E-state index in [1.54, 1.807) is 7.11 Å². The molecule has 138 valence electrons. The van der Waals surface area contributed by atoms with Crippen LogP contribution in [0.3, 0.4) is 0 Å². The Balaban J connectivity index is 1.75. The molecular formula is C22H22N2O3. The predicted octanol–water partition coefficient (Wildman–Crippen LogP) is 4.44. The second kappa shape index (κ2) is 7.76. The Morgan fingerprint density at radius 2 is 1.70 bits per heavy atom. The molecule has 2 atom stereocenters. The highest BCUT2D eigenvalue weighted by molar-refractivity contribution is 6.01. The third-order valence-corrected chi connectivity index (χ3v) is 4.68. The van der Waals surface area contributed by atoms with E-state index in [0.717, 1.165) is 28.1 Å². The summed E-state index contributed by atoms with van der Waals surface area (Å²) < 4.78 is 17.3. The van der Waals surface area contributed by atoms with E-state index < -0.39 is 0 Å². The van der Waals surface area contributed by atoms with Gasteiger partial charge in [-0.25, -0.2) is 4.99 Å². The number of hydrogen-bond acceptors (Lipinski definition) is 5. The van der Waals surface area contributed by atoms with Gasteiger partial charge in [-0.1, -0.05) is 72.7 Å². The van der Waals surface area contributed by atoms with E-state index in [0.29, 0.717) is 18.9 Å². The van der Waals surface area contributed by atoms with Gasteiger partial charge >= 0.3 is 0 Å². The van der Waals surface area contributed by atoms with Gasteiger partial charge in [0.05, 0.1) is 6.61 Å². The van der Waals surface area contributed by atoms with Crippen LogP contribution in [0.25, 0.3) is 11.3 Å². The minimum atomic E-state index is -0.190. The highest BCUT2D eigenvalue weighted by Gasteiger charge is 2.36. The van der Waals surface area contributed by atoms with E-state index in [-0.39, 0.29) is 12.1 Å². The quantitative estimate of drug-likeness (QED) is 0.651. The van der Waals surface area contributed by atoms with Crippen LogP contribution >= 0.6 is 0 Å². The molecule has 0 bridgehead atoms. The molecule has 1 aliphatic rings. The largest absolute Gasteiger partial charge is 0.467 e. The molecular weight excluding hydrogens is 340 g/mol. The number of rotatable bonds is 6. The van der Waals surface area contributed by atoms with E-state index in [2.05, 4.69) is 17.3 Å². The summed E-state index contributed by atoms with van der Waals surface area (Å²) in [7, 11) is 1.68. The molecule has 0 radical (unpaired) electrons. The molecule has 3 aromatic rings. The number of benzene rings is 2. The summed E-state index contributed by atoms with van der Waals surface area (Å²) in [4.78, 5) is 4.84. The van der Waals surface area contributed by atoms with Gasteiger partial charge in [0.25, 0.3) is 0 Å². The standard InChI is InChI=1S/C22H22N2O3/c1-3-18-19(20(24-27-18)15-10-6-4-7-11-15)22-23-17(14-25-2)21(26-22)16-12-8-5-9-13-16/h4-13,17,21H,3,14H2,1-2H3/t17-,21-/m0/s1. The normalized spacial score (nSPS) is 19.0. The first-order valence-corrected chi connectivity index (χ1v) is 9.14. The number of ether oxygens (including phenoxy) is 2. The summed E-state index contributed by atoms with van der Waals surface area (Å²) in [5, 5.41) is 4.30. The van der Waals surface area contributed by atoms with Crippen molar-refractivity contribution in [2.75, 3.05) is 13.7 Å². The van der Waals surface area contributed by atoms with Crippen molar-refractivity contribution < 1.29 is 14.0 Å². The fourth-order valence-electron chi connectivity index (χ4n) is 3.38. The second-order valence-corrected chi connectivity index (χ2v) is 6.46. The lowest BCUT2D eigenvalue weighted by atomic mass is 10.0. The third kappa shape index (κ3) is 3.38. The van der Waals surface area contributed by atoms with Crippen molar-refractivity contribution in [2.45, 2.75) is 25.5 Å².